The molecule has 2 aromatic carbocycles. The fraction of sp³-hybridized carbons (Fsp3) is 0.318. The van der Waals surface area contributed by atoms with Crippen LogP contribution in [0.25, 0.3) is 0 Å². The Hall–Kier alpha value is -2.57. The Kier molecular flexibility index (Phi) is 6.80. The monoisotopic (exact) mass is 335 g/mol. The molecule has 0 bridgehead atoms. The molecule has 0 saturated heterocycles. The van der Waals surface area contributed by atoms with Crippen molar-refractivity contribution in [3.8, 4) is 11.8 Å². The van der Waals surface area contributed by atoms with E-state index in [0.29, 0.717) is 18.5 Å². The molecule has 3 heteroatoms. The van der Waals surface area contributed by atoms with Crippen LogP contribution in [0.3, 0.4) is 0 Å². The van der Waals surface area contributed by atoms with Crippen molar-refractivity contribution in [1.29, 1.82) is 0 Å². The summed E-state index contributed by atoms with van der Waals surface area (Å²) >= 11 is 0. The van der Waals surface area contributed by atoms with Gasteiger partial charge in [-0.3, -0.25) is 4.79 Å². The molecule has 0 heterocycles. The van der Waals surface area contributed by atoms with Gasteiger partial charge in [-0.15, -0.1) is 0 Å². The van der Waals surface area contributed by atoms with Crippen LogP contribution in [-0.4, -0.2) is 28.6 Å². The minimum absolute atomic E-state index is 0.0248. The van der Waals surface area contributed by atoms with E-state index in [0.717, 1.165) is 16.7 Å². The van der Waals surface area contributed by atoms with Crippen molar-refractivity contribution >= 4 is 5.91 Å². The molecule has 0 fully saturated rings. The van der Waals surface area contributed by atoms with Crippen molar-refractivity contribution in [1.82, 2.24) is 4.90 Å². The lowest BCUT2D eigenvalue weighted by atomic mass is 10.0. The van der Waals surface area contributed by atoms with Crippen LogP contribution < -0.4 is 0 Å². The summed E-state index contributed by atoms with van der Waals surface area (Å²) in [6.45, 7) is 6.67. The Morgan fingerprint density at radius 3 is 2.48 bits per heavy atom. The summed E-state index contributed by atoms with van der Waals surface area (Å²) in [5.74, 6) is 5.98. The lowest BCUT2D eigenvalue weighted by Gasteiger charge is -2.27. The summed E-state index contributed by atoms with van der Waals surface area (Å²) in [4.78, 5) is 14.8. The molecular weight excluding hydrogens is 310 g/mol. The van der Waals surface area contributed by atoms with Gasteiger partial charge in [0.25, 0.3) is 5.91 Å². The highest BCUT2D eigenvalue weighted by atomic mass is 16.2. The van der Waals surface area contributed by atoms with Crippen LogP contribution in [0.4, 0.5) is 0 Å². The van der Waals surface area contributed by atoms with Crippen LogP contribution in [0.5, 0.6) is 0 Å². The Balaban J connectivity index is 2.22. The van der Waals surface area contributed by atoms with E-state index < -0.39 is 0 Å². The highest BCUT2D eigenvalue weighted by molar-refractivity contribution is 5.94. The standard InChI is InChI=1S/C22H25NO2/c1-17(2)23(16-19-9-5-4-6-10-19)22(25)21-13-12-20(18(3)15-21)11-7-8-14-24/h4-6,9-10,12-13,15,17,24H,8,14,16H2,1-3H3. The molecule has 0 aliphatic carbocycles. The third-order valence-electron chi connectivity index (χ3n) is 4.01. The second-order valence-corrected chi connectivity index (χ2v) is 6.32. The largest absolute Gasteiger partial charge is 0.395 e. The smallest absolute Gasteiger partial charge is 0.254 e. The summed E-state index contributed by atoms with van der Waals surface area (Å²) in [6, 6.07) is 15.7. The first-order valence-electron chi connectivity index (χ1n) is 8.58. The van der Waals surface area contributed by atoms with Gasteiger partial charge in [0.2, 0.25) is 0 Å². The third-order valence-corrected chi connectivity index (χ3v) is 4.01. The van der Waals surface area contributed by atoms with Crippen LogP contribution in [0, 0.1) is 18.8 Å². The van der Waals surface area contributed by atoms with E-state index in [1.165, 1.54) is 0 Å². The molecule has 0 aliphatic rings. The normalized spacial score (nSPS) is 10.3. The van der Waals surface area contributed by atoms with E-state index in [1.54, 1.807) is 0 Å². The zero-order chi connectivity index (χ0) is 18.2. The Morgan fingerprint density at radius 1 is 1.16 bits per heavy atom. The molecule has 25 heavy (non-hydrogen) atoms. The quantitative estimate of drug-likeness (QED) is 0.845. The highest BCUT2D eigenvalue weighted by Crippen LogP contribution is 2.16. The number of aryl methyl sites for hydroxylation is 1. The van der Waals surface area contributed by atoms with Crippen LogP contribution in [-0.2, 0) is 6.54 Å². The van der Waals surface area contributed by atoms with Crippen molar-refractivity contribution in [2.24, 2.45) is 0 Å². The third kappa shape index (κ3) is 5.20. The van der Waals surface area contributed by atoms with Crippen molar-refractivity contribution < 1.29 is 9.90 Å². The van der Waals surface area contributed by atoms with Crippen LogP contribution in [0.15, 0.2) is 48.5 Å². The maximum Gasteiger partial charge on any atom is 0.254 e. The number of aliphatic hydroxyl groups excluding tert-OH is 1. The van der Waals surface area contributed by atoms with Gasteiger partial charge in [0.05, 0.1) is 6.61 Å². The van der Waals surface area contributed by atoms with Crippen molar-refractivity contribution in [2.45, 2.75) is 39.8 Å². The van der Waals surface area contributed by atoms with Crippen molar-refractivity contribution in [3.63, 3.8) is 0 Å². The Labute approximate surface area is 150 Å². The molecule has 0 aliphatic heterocycles. The molecular formula is C22H25NO2. The van der Waals surface area contributed by atoms with E-state index in [9.17, 15) is 4.79 Å². The number of benzene rings is 2. The van der Waals surface area contributed by atoms with Crippen LogP contribution in [0.2, 0.25) is 0 Å². The number of amides is 1. The molecule has 2 aromatic rings. The topological polar surface area (TPSA) is 40.5 Å². The summed E-state index contributed by atoms with van der Waals surface area (Å²) in [5, 5.41) is 8.81. The average Bonchev–Trinajstić information content (AvgIpc) is 2.61. The lowest BCUT2D eigenvalue weighted by molar-refractivity contribution is 0.0690. The maximum atomic E-state index is 13.0. The van der Waals surface area contributed by atoms with E-state index in [4.69, 9.17) is 5.11 Å². The van der Waals surface area contributed by atoms with Gasteiger partial charge in [0, 0.05) is 30.1 Å². The number of carbonyl (C=O) groups excluding carboxylic acids is 1. The van der Waals surface area contributed by atoms with E-state index in [-0.39, 0.29) is 18.6 Å². The molecule has 130 valence electrons. The predicted molar refractivity (Wildman–Crippen MR) is 101 cm³/mol. The number of carbonyl (C=O) groups is 1. The van der Waals surface area contributed by atoms with Crippen molar-refractivity contribution in [3.05, 3.63) is 70.8 Å². The predicted octanol–water partition coefficient (Wildman–Crippen LogP) is 3.78. The van der Waals surface area contributed by atoms with E-state index in [1.807, 2.05) is 74.2 Å². The van der Waals surface area contributed by atoms with Gasteiger partial charge in [0.15, 0.2) is 0 Å². The molecule has 0 spiro atoms. The summed E-state index contributed by atoms with van der Waals surface area (Å²) < 4.78 is 0. The minimum atomic E-state index is 0.0248. The molecule has 0 saturated carbocycles. The van der Waals surface area contributed by atoms with Crippen LogP contribution >= 0.6 is 0 Å². The molecule has 1 amide bonds. The average molecular weight is 335 g/mol. The molecule has 0 atom stereocenters. The van der Waals surface area contributed by atoms with Gasteiger partial charge in [-0.2, -0.15) is 0 Å². The van der Waals surface area contributed by atoms with Crippen molar-refractivity contribution in [2.75, 3.05) is 6.61 Å². The Morgan fingerprint density at radius 2 is 1.88 bits per heavy atom. The van der Waals surface area contributed by atoms with Crippen LogP contribution in [0.1, 0.15) is 47.3 Å². The molecule has 0 radical (unpaired) electrons. The zero-order valence-corrected chi connectivity index (χ0v) is 15.1. The van der Waals surface area contributed by atoms with Gasteiger partial charge in [-0.05, 0) is 50.1 Å². The van der Waals surface area contributed by atoms with Gasteiger partial charge >= 0.3 is 0 Å². The number of hydrogen-bond acceptors (Lipinski definition) is 2. The number of hydrogen-bond donors (Lipinski definition) is 1. The van der Waals surface area contributed by atoms with Gasteiger partial charge < -0.3 is 10.0 Å². The molecule has 0 unspecified atom stereocenters. The maximum absolute atomic E-state index is 13.0. The number of nitrogens with zero attached hydrogens (tertiary/aromatic N) is 1. The summed E-state index contributed by atoms with van der Waals surface area (Å²) in [6.07, 6.45) is 0.457. The lowest BCUT2D eigenvalue weighted by Crippen LogP contribution is -2.36. The van der Waals surface area contributed by atoms with E-state index in [2.05, 4.69) is 11.8 Å². The minimum Gasteiger partial charge on any atom is -0.395 e. The van der Waals surface area contributed by atoms with Gasteiger partial charge in [-0.25, -0.2) is 0 Å². The molecule has 1 N–H and O–H groups in total. The van der Waals surface area contributed by atoms with E-state index >= 15 is 0 Å². The molecule has 0 aromatic heterocycles. The fourth-order valence-corrected chi connectivity index (χ4v) is 2.59. The molecule has 3 nitrogen and oxygen atoms in total. The number of rotatable bonds is 5. The Bertz CT molecular complexity index is 770. The summed E-state index contributed by atoms with van der Waals surface area (Å²) in [7, 11) is 0. The SMILES string of the molecule is Cc1cc(C(=O)N(Cc2ccccc2)C(C)C)ccc1C#CCCO. The first-order valence-corrected chi connectivity index (χ1v) is 8.58. The first kappa shape index (κ1) is 18.8. The second kappa shape index (κ2) is 9.05. The highest BCUT2D eigenvalue weighted by Gasteiger charge is 2.19. The molecule has 2 rings (SSSR count). The van der Waals surface area contributed by atoms with Gasteiger partial charge in [0.1, 0.15) is 0 Å². The van der Waals surface area contributed by atoms with Gasteiger partial charge in [-0.1, -0.05) is 42.2 Å². The number of aliphatic hydroxyl groups is 1. The first-order chi connectivity index (χ1) is 12.0. The fourth-order valence-electron chi connectivity index (χ4n) is 2.59. The second-order valence-electron chi connectivity index (χ2n) is 6.32. The summed E-state index contributed by atoms with van der Waals surface area (Å²) in [5.41, 5.74) is 3.66. The zero-order valence-electron chi connectivity index (χ0n) is 15.1.